The van der Waals surface area contributed by atoms with Crippen LogP contribution in [0.3, 0.4) is 0 Å². The van der Waals surface area contributed by atoms with Crippen LogP contribution in [0.25, 0.3) is 0 Å². The number of ether oxygens (including phenoxy) is 1. The van der Waals surface area contributed by atoms with E-state index in [0.717, 1.165) is 49.1 Å². The summed E-state index contributed by atoms with van der Waals surface area (Å²) in [7, 11) is 0. The van der Waals surface area contributed by atoms with E-state index in [9.17, 15) is 9.59 Å². The van der Waals surface area contributed by atoms with Crippen LogP contribution in [-0.2, 0) is 17.9 Å². The predicted molar refractivity (Wildman–Crippen MR) is 136 cm³/mol. The van der Waals surface area contributed by atoms with Gasteiger partial charge in [0.05, 0.1) is 18.8 Å². The molecular formula is C28H40N4O3. The number of carbonyl (C=O) groups is 2. The number of rotatable bonds is 8. The number of carbonyl (C=O) groups excluding carboxylic acids is 2. The predicted octanol–water partition coefficient (Wildman–Crippen LogP) is 5.05. The second-order valence-electron chi connectivity index (χ2n) is 10.6. The number of benzene rings is 1. The number of aromatic nitrogens is 2. The van der Waals surface area contributed by atoms with Crippen LogP contribution in [0.4, 0.5) is 0 Å². The van der Waals surface area contributed by atoms with Crippen LogP contribution in [-0.4, -0.2) is 44.7 Å². The van der Waals surface area contributed by atoms with E-state index in [2.05, 4.69) is 26.1 Å². The highest BCUT2D eigenvalue weighted by atomic mass is 16.5. The highest BCUT2D eigenvalue weighted by molar-refractivity contribution is 5.99. The van der Waals surface area contributed by atoms with E-state index < -0.39 is 5.54 Å². The molecule has 2 heterocycles. The molecule has 1 aromatic carbocycles. The molecule has 1 aromatic heterocycles. The number of nitrogens with zero attached hydrogens (tertiary/aromatic N) is 3. The Morgan fingerprint density at radius 1 is 1.17 bits per heavy atom. The van der Waals surface area contributed by atoms with Crippen molar-refractivity contribution in [2.75, 3.05) is 6.61 Å². The van der Waals surface area contributed by atoms with Gasteiger partial charge in [0, 0.05) is 12.6 Å². The number of nitrogens with one attached hydrogen (secondary N) is 1. The van der Waals surface area contributed by atoms with Gasteiger partial charge in [0.2, 0.25) is 5.91 Å². The average molecular weight is 481 g/mol. The molecule has 1 N–H and O–H groups in total. The maximum atomic E-state index is 13.8. The minimum atomic E-state index is -1.03. The maximum Gasteiger partial charge on any atom is 0.273 e. The molecule has 1 aliphatic carbocycles. The number of fused-ring (bicyclic) bond motifs is 1. The summed E-state index contributed by atoms with van der Waals surface area (Å²) in [6, 6.07) is 9.87. The van der Waals surface area contributed by atoms with Crippen molar-refractivity contribution in [2.45, 2.75) is 103 Å². The fourth-order valence-corrected chi connectivity index (χ4v) is 5.05. The Kier molecular flexibility index (Phi) is 7.82. The fourth-order valence-electron chi connectivity index (χ4n) is 5.05. The van der Waals surface area contributed by atoms with Crippen molar-refractivity contribution in [3.8, 4) is 5.75 Å². The molecular weight excluding hydrogens is 440 g/mol. The Balaban J connectivity index is 1.62. The van der Waals surface area contributed by atoms with Crippen LogP contribution in [0.5, 0.6) is 5.75 Å². The molecule has 1 unspecified atom stereocenters. The first kappa shape index (κ1) is 25.3. The molecule has 7 nitrogen and oxygen atoms in total. The third-order valence-corrected chi connectivity index (χ3v) is 7.32. The van der Waals surface area contributed by atoms with Gasteiger partial charge in [-0.05, 0) is 55.9 Å². The lowest BCUT2D eigenvalue weighted by Crippen LogP contribution is -2.64. The van der Waals surface area contributed by atoms with E-state index in [0.29, 0.717) is 25.4 Å². The molecule has 35 heavy (non-hydrogen) atoms. The smallest absolute Gasteiger partial charge is 0.273 e. The molecule has 0 saturated heterocycles. The first-order valence-electron chi connectivity index (χ1n) is 13.2. The molecule has 2 aliphatic rings. The number of hydrogen-bond acceptors (Lipinski definition) is 4. The lowest BCUT2D eigenvalue weighted by atomic mass is 9.93. The van der Waals surface area contributed by atoms with Gasteiger partial charge < -0.3 is 15.0 Å². The van der Waals surface area contributed by atoms with E-state index in [-0.39, 0.29) is 23.8 Å². The van der Waals surface area contributed by atoms with Crippen molar-refractivity contribution in [1.82, 2.24) is 20.0 Å². The van der Waals surface area contributed by atoms with Crippen LogP contribution in [0.1, 0.15) is 100 Å². The van der Waals surface area contributed by atoms with Gasteiger partial charge in [-0.25, -0.2) is 0 Å². The van der Waals surface area contributed by atoms with E-state index in [4.69, 9.17) is 9.84 Å². The molecule has 1 atom stereocenters. The molecule has 2 amide bonds. The summed E-state index contributed by atoms with van der Waals surface area (Å²) >= 11 is 0. The molecule has 190 valence electrons. The summed E-state index contributed by atoms with van der Waals surface area (Å²) < 4.78 is 7.45. The van der Waals surface area contributed by atoms with E-state index in [1.165, 1.54) is 12.8 Å². The average Bonchev–Trinajstić information content (AvgIpc) is 3.10. The van der Waals surface area contributed by atoms with Gasteiger partial charge in [0.15, 0.2) is 0 Å². The summed E-state index contributed by atoms with van der Waals surface area (Å²) in [5.41, 5.74) is 1.36. The van der Waals surface area contributed by atoms with Crippen LogP contribution in [0, 0.1) is 0 Å². The summed E-state index contributed by atoms with van der Waals surface area (Å²) in [4.78, 5) is 29.3. The molecule has 7 heteroatoms. The second kappa shape index (κ2) is 10.8. The van der Waals surface area contributed by atoms with Gasteiger partial charge in [-0.2, -0.15) is 5.10 Å². The van der Waals surface area contributed by atoms with Gasteiger partial charge in [-0.1, -0.05) is 58.6 Å². The normalized spacial score (nSPS) is 21.1. The molecule has 1 aliphatic heterocycles. The van der Waals surface area contributed by atoms with Crippen LogP contribution < -0.4 is 10.1 Å². The SMILES string of the molecule is CCCOc1ccc(CN2C(=O)c3cc(C(C)C)nn3CC2(C)C(=O)NC2CCCCCC2)cc1. The monoisotopic (exact) mass is 480 g/mol. The van der Waals surface area contributed by atoms with Crippen molar-refractivity contribution < 1.29 is 14.3 Å². The summed E-state index contributed by atoms with van der Waals surface area (Å²) in [5, 5.41) is 8.00. The minimum absolute atomic E-state index is 0.0899. The van der Waals surface area contributed by atoms with Crippen molar-refractivity contribution >= 4 is 11.8 Å². The van der Waals surface area contributed by atoms with Crippen molar-refractivity contribution in [3.63, 3.8) is 0 Å². The van der Waals surface area contributed by atoms with Gasteiger partial charge in [0.1, 0.15) is 17.0 Å². The molecule has 4 rings (SSSR count). The summed E-state index contributed by atoms with van der Waals surface area (Å²) in [6.45, 7) is 9.46. The highest BCUT2D eigenvalue weighted by Crippen LogP contribution is 2.31. The standard InChI is InChI=1S/C28H40N4O3/c1-5-16-35-23-14-12-21(13-15-23)18-31-26(33)25-17-24(20(2)3)30-32(25)19-28(31,4)27(34)29-22-10-8-6-7-9-11-22/h12-15,17,20,22H,5-11,16,18-19H2,1-4H3,(H,29,34). The lowest BCUT2D eigenvalue weighted by Gasteiger charge is -2.44. The number of hydrogen-bond donors (Lipinski definition) is 1. The lowest BCUT2D eigenvalue weighted by molar-refractivity contribution is -0.134. The summed E-state index contributed by atoms with van der Waals surface area (Å²) in [5.74, 6) is 0.776. The molecule has 0 radical (unpaired) electrons. The topological polar surface area (TPSA) is 76.5 Å². The fraction of sp³-hybridized carbons (Fsp3) is 0.607. The Labute approximate surface area is 209 Å². The highest BCUT2D eigenvalue weighted by Gasteiger charge is 2.48. The second-order valence-corrected chi connectivity index (χ2v) is 10.6. The zero-order chi connectivity index (χ0) is 25.0. The largest absolute Gasteiger partial charge is 0.494 e. The first-order chi connectivity index (χ1) is 16.8. The van der Waals surface area contributed by atoms with Gasteiger partial charge in [-0.3, -0.25) is 14.3 Å². The van der Waals surface area contributed by atoms with Gasteiger partial charge >= 0.3 is 0 Å². The molecule has 2 aromatic rings. The molecule has 1 fully saturated rings. The Bertz CT molecular complexity index is 1020. The Hall–Kier alpha value is -2.83. The van der Waals surface area contributed by atoms with Crippen molar-refractivity contribution in [2.24, 2.45) is 0 Å². The molecule has 0 spiro atoms. The quantitative estimate of drug-likeness (QED) is 0.537. The maximum absolute atomic E-state index is 13.8. The van der Waals surface area contributed by atoms with E-state index in [1.807, 2.05) is 37.3 Å². The van der Waals surface area contributed by atoms with E-state index in [1.54, 1.807) is 9.58 Å². The third kappa shape index (κ3) is 5.54. The molecule has 0 bridgehead atoms. The minimum Gasteiger partial charge on any atom is -0.494 e. The third-order valence-electron chi connectivity index (χ3n) is 7.32. The zero-order valence-corrected chi connectivity index (χ0v) is 21.7. The number of amides is 2. The summed E-state index contributed by atoms with van der Waals surface area (Å²) in [6.07, 6.45) is 7.67. The van der Waals surface area contributed by atoms with Crippen LogP contribution in [0.15, 0.2) is 30.3 Å². The van der Waals surface area contributed by atoms with Crippen molar-refractivity contribution in [1.29, 1.82) is 0 Å². The Morgan fingerprint density at radius 2 is 1.86 bits per heavy atom. The van der Waals surface area contributed by atoms with Crippen LogP contribution >= 0.6 is 0 Å². The van der Waals surface area contributed by atoms with Crippen LogP contribution in [0.2, 0.25) is 0 Å². The van der Waals surface area contributed by atoms with Gasteiger partial charge in [-0.15, -0.1) is 0 Å². The molecule has 1 saturated carbocycles. The zero-order valence-electron chi connectivity index (χ0n) is 21.7. The Morgan fingerprint density at radius 3 is 2.49 bits per heavy atom. The van der Waals surface area contributed by atoms with Gasteiger partial charge in [0.25, 0.3) is 5.91 Å². The first-order valence-corrected chi connectivity index (χ1v) is 13.2. The van der Waals surface area contributed by atoms with E-state index >= 15 is 0 Å². The van der Waals surface area contributed by atoms with Crippen molar-refractivity contribution in [3.05, 3.63) is 47.3 Å².